The molecule has 7 atom stereocenters. The number of nitrogens with zero attached hydrogens (tertiary/aromatic N) is 1. The number of esters is 1. The molecule has 0 unspecified atom stereocenters. The van der Waals surface area contributed by atoms with Crippen molar-refractivity contribution < 1.29 is 23.9 Å². The molecular weight excluding hydrogens is 430 g/mol. The van der Waals surface area contributed by atoms with Crippen molar-refractivity contribution in [3.05, 3.63) is 83.9 Å². The highest BCUT2D eigenvalue weighted by molar-refractivity contribution is 6.09. The van der Waals surface area contributed by atoms with E-state index in [1.165, 1.54) is 0 Å². The first-order valence-corrected chi connectivity index (χ1v) is 11.9. The van der Waals surface area contributed by atoms with Gasteiger partial charge in [-0.2, -0.15) is 0 Å². The van der Waals surface area contributed by atoms with Crippen LogP contribution < -0.4 is 0 Å². The van der Waals surface area contributed by atoms with E-state index in [0.717, 1.165) is 16.9 Å². The molecule has 0 N–H and O–H groups in total. The summed E-state index contributed by atoms with van der Waals surface area (Å²) in [5, 5.41) is 0. The van der Waals surface area contributed by atoms with Gasteiger partial charge in [-0.1, -0.05) is 72.8 Å². The number of hydrogen-bond acceptors (Lipinski definition) is 5. The molecule has 3 fully saturated rings. The van der Waals surface area contributed by atoms with Crippen molar-refractivity contribution in [2.75, 3.05) is 6.61 Å². The van der Waals surface area contributed by atoms with E-state index < -0.39 is 18.6 Å². The Kier molecular flexibility index (Phi) is 4.97. The van der Waals surface area contributed by atoms with Crippen molar-refractivity contribution in [2.24, 2.45) is 35.5 Å². The van der Waals surface area contributed by atoms with E-state index in [-0.39, 0.29) is 47.7 Å². The van der Waals surface area contributed by atoms with Crippen molar-refractivity contribution >= 4 is 23.6 Å². The zero-order valence-electron chi connectivity index (χ0n) is 18.6. The number of Topliss-reactive ketones (excluding diaryl/α,β-unsaturated/α-hetero) is 1. The first-order chi connectivity index (χ1) is 16.5. The van der Waals surface area contributed by atoms with E-state index >= 15 is 0 Å². The molecule has 1 aliphatic heterocycles. The summed E-state index contributed by atoms with van der Waals surface area (Å²) in [6.07, 6.45) is 5.45. The van der Waals surface area contributed by atoms with Crippen LogP contribution in [0.25, 0.3) is 0 Å². The molecule has 6 nitrogen and oxygen atoms in total. The highest BCUT2D eigenvalue weighted by atomic mass is 16.5. The van der Waals surface area contributed by atoms with Crippen molar-refractivity contribution in [2.45, 2.75) is 18.9 Å². The van der Waals surface area contributed by atoms with Gasteiger partial charge in [0.05, 0.1) is 11.8 Å². The third kappa shape index (κ3) is 3.31. The van der Waals surface area contributed by atoms with Crippen LogP contribution in [-0.4, -0.2) is 41.1 Å². The Bertz CT molecular complexity index is 1150. The SMILES string of the molecule is O=C(COC(=O)[C@@H](Cc1ccccc1)N1C(=O)[C@H]2[C@@H]3C=C[C@H]([C@H]4C[C@H]34)[C@@H]2C1=O)c1ccccc1. The average molecular weight is 456 g/mol. The Hall–Kier alpha value is -3.54. The largest absolute Gasteiger partial charge is 0.456 e. The van der Waals surface area contributed by atoms with Crippen LogP contribution in [0.3, 0.4) is 0 Å². The number of ketones is 1. The monoisotopic (exact) mass is 455 g/mol. The molecule has 2 amide bonds. The van der Waals surface area contributed by atoms with Crippen LogP contribution in [0.4, 0.5) is 0 Å². The van der Waals surface area contributed by atoms with E-state index in [1.54, 1.807) is 30.3 Å². The Morgan fingerprint density at radius 1 is 0.853 bits per heavy atom. The van der Waals surface area contributed by atoms with Gasteiger partial charge in [-0.05, 0) is 35.7 Å². The smallest absolute Gasteiger partial charge is 0.330 e. The zero-order chi connectivity index (χ0) is 23.4. The van der Waals surface area contributed by atoms with Crippen LogP contribution in [0.5, 0.6) is 0 Å². The summed E-state index contributed by atoms with van der Waals surface area (Å²) in [5.74, 6) is -1.25. The van der Waals surface area contributed by atoms with E-state index in [1.807, 2.05) is 30.3 Å². The Morgan fingerprint density at radius 3 is 2.00 bits per heavy atom. The van der Waals surface area contributed by atoms with Crippen molar-refractivity contribution in [3.63, 3.8) is 0 Å². The Morgan fingerprint density at radius 2 is 1.41 bits per heavy atom. The first-order valence-electron chi connectivity index (χ1n) is 11.9. The summed E-state index contributed by atoms with van der Waals surface area (Å²) in [6, 6.07) is 16.8. The molecular formula is C28H25NO5. The number of ether oxygens (including phenoxy) is 1. The lowest BCUT2D eigenvalue weighted by Crippen LogP contribution is -2.48. The molecule has 34 heavy (non-hydrogen) atoms. The molecule has 7 rings (SSSR count). The summed E-state index contributed by atoms with van der Waals surface area (Å²) < 4.78 is 5.40. The number of hydrogen-bond donors (Lipinski definition) is 0. The molecule has 0 aromatic heterocycles. The molecule has 2 aromatic rings. The average Bonchev–Trinajstić information content (AvgIpc) is 3.65. The highest BCUT2D eigenvalue weighted by Gasteiger charge is 2.68. The lowest BCUT2D eigenvalue weighted by Gasteiger charge is -2.37. The fraction of sp³-hybridized carbons (Fsp3) is 0.357. The van der Waals surface area contributed by atoms with Gasteiger partial charge in [0.2, 0.25) is 11.8 Å². The summed E-state index contributed by atoms with van der Waals surface area (Å²) in [7, 11) is 0. The van der Waals surface area contributed by atoms with Crippen LogP contribution in [-0.2, 0) is 25.5 Å². The number of allylic oxidation sites excluding steroid dienone is 2. The van der Waals surface area contributed by atoms with E-state index in [2.05, 4.69) is 12.2 Å². The van der Waals surface area contributed by atoms with Gasteiger partial charge >= 0.3 is 5.97 Å². The third-order valence-electron chi connectivity index (χ3n) is 7.99. The van der Waals surface area contributed by atoms with Crippen LogP contribution >= 0.6 is 0 Å². The summed E-state index contributed by atoms with van der Waals surface area (Å²) in [6.45, 7) is -0.436. The van der Waals surface area contributed by atoms with Gasteiger partial charge in [0.1, 0.15) is 6.04 Å². The molecule has 0 radical (unpaired) electrons. The maximum absolute atomic E-state index is 13.6. The van der Waals surface area contributed by atoms with Crippen molar-refractivity contribution in [1.82, 2.24) is 4.90 Å². The van der Waals surface area contributed by atoms with Crippen molar-refractivity contribution in [3.8, 4) is 0 Å². The second-order valence-corrected chi connectivity index (χ2v) is 9.80. The third-order valence-corrected chi connectivity index (χ3v) is 7.99. The van der Waals surface area contributed by atoms with E-state index in [9.17, 15) is 19.2 Å². The minimum absolute atomic E-state index is 0.0782. The maximum atomic E-state index is 13.6. The van der Waals surface area contributed by atoms with E-state index in [4.69, 9.17) is 4.74 Å². The second kappa shape index (κ2) is 8.05. The first kappa shape index (κ1) is 21.0. The molecule has 5 aliphatic rings. The molecule has 2 aromatic carbocycles. The van der Waals surface area contributed by atoms with E-state index in [0.29, 0.717) is 17.4 Å². The van der Waals surface area contributed by atoms with Gasteiger partial charge in [-0.15, -0.1) is 0 Å². The minimum Gasteiger partial charge on any atom is -0.456 e. The van der Waals surface area contributed by atoms with Crippen LogP contribution in [0, 0.1) is 35.5 Å². The number of benzene rings is 2. The molecule has 2 saturated carbocycles. The molecule has 1 saturated heterocycles. The molecule has 4 aliphatic carbocycles. The fourth-order valence-corrected chi connectivity index (χ4v) is 6.34. The number of carbonyl (C=O) groups is 4. The van der Waals surface area contributed by atoms with Crippen molar-refractivity contribution in [1.29, 1.82) is 0 Å². The van der Waals surface area contributed by atoms with Gasteiger partial charge < -0.3 is 4.74 Å². The molecule has 1 heterocycles. The molecule has 172 valence electrons. The number of carbonyl (C=O) groups excluding carboxylic acids is 4. The molecule has 6 heteroatoms. The Balaban J connectivity index is 1.26. The lowest BCUT2D eigenvalue weighted by atomic mass is 9.63. The number of rotatable bonds is 7. The topological polar surface area (TPSA) is 80.8 Å². The predicted octanol–water partition coefficient (Wildman–Crippen LogP) is 3.08. The molecule has 2 bridgehead atoms. The summed E-state index contributed by atoms with van der Waals surface area (Å²) in [5.41, 5.74) is 1.26. The quantitative estimate of drug-likeness (QED) is 0.277. The standard InChI is InChI=1S/C28H25NO5/c30-23(17-9-5-2-6-10-17)15-34-28(33)22(13-16-7-3-1-4-8-16)29-26(31)24-18-11-12-19(21-14-20(18)21)25(24)27(29)32/h1-12,18-22,24-25H,13-15H2/t18-,19-,20-,21-,22-,24+,25+/m1/s1. The van der Waals surface area contributed by atoms with Gasteiger partial charge in [0.25, 0.3) is 0 Å². The molecule has 0 spiro atoms. The van der Waals surface area contributed by atoms with Gasteiger partial charge in [0, 0.05) is 12.0 Å². The number of likely N-dealkylation sites (tertiary alicyclic amines) is 1. The van der Waals surface area contributed by atoms with Crippen LogP contribution in [0.2, 0.25) is 0 Å². The predicted molar refractivity (Wildman–Crippen MR) is 122 cm³/mol. The van der Waals surface area contributed by atoms with Crippen LogP contribution in [0.1, 0.15) is 22.3 Å². The van der Waals surface area contributed by atoms with Gasteiger partial charge in [-0.3, -0.25) is 19.3 Å². The lowest BCUT2D eigenvalue weighted by molar-refractivity contribution is -0.158. The van der Waals surface area contributed by atoms with Gasteiger partial charge in [-0.25, -0.2) is 4.79 Å². The Labute approximate surface area is 197 Å². The van der Waals surface area contributed by atoms with Gasteiger partial charge in [0.15, 0.2) is 12.4 Å². The second-order valence-electron chi connectivity index (χ2n) is 9.80. The number of imide groups is 1. The highest BCUT2D eigenvalue weighted by Crippen LogP contribution is 2.65. The fourth-order valence-electron chi connectivity index (χ4n) is 6.34. The maximum Gasteiger partial charge on any atom is 0.330 e. The minimum atomic E-state index is -1.09. The normalized spacial score (nSPS) is 31.1. The number of amides is 2. The van der Waals surface area contributed by atoms with Crippen LogP contribution in [0.15, 0.2) is 72.8 Å². The zero-order valence-corrected chi connectivity index (χ0v) is 18.6. The summed E-state index contributed by atoms with van der Waals surface area (Å²) >= 11 is 0. The summed E-state index contributed by atoms with van der Waals surface area (Å²) in [4.78, 5) is 54.1.